The molecule has 3 aliphatic heterocycles. The minimum absolute atomic E-state index is 0.00358. The van der Waals surface area contributed by atoms with Gasteiger partial charge in [-0.25, -0.2) is 0 Å². The lowest BCUT2D eigenvalue weighted by Crippen LogP contribution is -2.62. The quantitative estimate of drug-likeness (QED) is 0.185. The summed E-state index contributed by atoms with van der Waals surface area (Å²) < 4.78 is 0. The average molecular weight is 607 g/mol. The third-order valence-corrected chi connectivity index (χ3v) is 10.6. The Bertz CT molecular complexity index is 2130. The molecule has 3 heteroatoms. The molecule has 0 saturated carbocycles. The monoisotopic (exact) mass is 606 g/mol. The molecule has 0 aromatic heterocycles. The molecule has 47 heavy (non-hydrogen) atoms. The van der Waals surface area contributed by atoms with Crippen molar-refractivity contribution in [1.82, 2.24) is 0 Å². The summed E-state index contributed by atoms with van der Waals surface area (Å²) in [5.41, 5.74) is 19.0. The molecule has 0 bridgehead atoms. The van der Waals surface area contributed by atoms with E-state index in [9.17, 15) is 0 Å². The maximum atomic E-state index is 2.71. The highest BCUT2D eigenvalue weighted by Gasteiger charge is 2.45. The highest BCUT2D eigenvalue weighted by molar-refractivity contribution is 7.00. The van der Waals surface area contributed by atoms with Crippen LogP contribution in [0.3, 0.4) is 0 Å². The predicted octanol–water partition coefficient (Wildman–Crippen LogP) is 9.41. The molecule has 0 atom stereocenters. The number of benzene rings is 6. The number of fused-ring (bicyclic) bond motifs is 4. The summed E-state index contributed by atoms with van der Waals surface area (Å²) in [5, 5.41) is 0. The molecule has 228 valence electrons. The SMILES string of the molecule is CC(C)(C)c1cc2c3c(c1)N(c1ccccc1)c1cc(-c4ccccc4)ccc1B3c1ccc(-c3ccccc3)c3c1N2CCCC3. The van der Waals surface area contributed by atoms with Gasteiger partial charge in [0.15, 0.2) is 0 Å². The first-order chi connectivity index (χ1) is 23.0. The van der Waals surface area contributed by atoms with E-state index in [1.165, 1.54) is 91.0 Å². The summed E-state index contributed by atoms with van der Waals surface area (Å²) in [5.74, 6) is 0. The van der Waals surface area contributed by atoms with E-state index >= 15 is 0 Å². The number of hydrogen-bond acceptors (Lipinski definition) is 2. The minimum Gasteiger partial charge on any atom is -0.342 e. The van der Waals surface area contributed by atoms with Crippen LogP contribution in [0.2, 0.25) is 0 Å². The normalized spacial score (nSPS) is 14.7. The lowest BCUT2D eigenvalue weighted by Gasteiger charge is -2.45. The molecule has 0 amide bonds. The maximum Gasteiger partial charge on any atom is 0.252 e. The van der Waals surface area contributed by atoms with Crippen molar-refractivity contribution < 1.29 is 0 Å². The van der Waals surface area contributed by atoms with Crippen LogP contribution in [0.4, 0.5) is 28.4 Å². The van der Waals surface area contributed by atoms with Gasteiger partial charge in [-0.1, -0.05) is 124 Å². The molecule has 0 aliphatic carbocycles. The minimum atomic E-state index is -0.00358. The van der Waals surface area contributed by atoms with Gasteiger partial charge in [0.25, 0.3) is 6.71 Å². The van der Waals surface area contributed by atoms with Crippen molar-refractivity contribution in [1.29, 1.82) is 0 Å². The van der Waals surface area contributed by atoms with Gasteiger partial charge in [-0.05, 0) is 105 Å². The second kappa shape index (κ2) is 10.8. The summed E-state index contributed by atoms with van der Waals surface area (Å²) in [7, 11) is 0. The zero-order valence-corrected chi connectivity index (χ0v) is 27.5. The molecule has 9 rings (SSSR count). The van der Waals surface area contributed by atoms with Gasteiger partial charge in [0, 0.05) is 35.0 Å². The van der Waals surface area contributed by atoms with Crippen molar-refractivity contribution in [3.05, 3.63) is 145 Å². The third kappa shape index (κ3) is 4.47. The molecule has 0 fully saturated rings. The Morgan fingerprint density at radius 1 is 0.574 bits per heavy atom. The largest absolute Gasteiger partial charge is 0.342 e. The molecule has 6 aromatic rings. The van der Waals surface area contributed by atoms with E-state index in [-0.39, 0.29) is 12.1 Å². The molecule has 6 aromatic carbocycles. The van der Waals surface area contributed by atoms with Gasteiger partial charge in [0.05, 0.1) is 0 Å². The van der Waals surface area contributed by atoms with Gasteiger partial charge in [0.1, 0.15) is 0 Å². The van der Waals surface area contributed by atoms with Gasteiger partial charge in [0.2, 0.25) is 0 Å². The first-order valence-electron chi connectivity index (χ1n) is 17.2. The van der Waals surface area contributed by atoms with Crippen molar-refractivity contribution in [2.24, 2.45) is 0 Å². The topological polar surface area (TPSA) is 6.48 Å². The lowest BCUT2D eigenvalue weighted by molar-refractivity contribution is 0.590. The van der Waals surface area contributed by atoms with Crippen molar-refractivity contribution in [3.63, 3.8) is 0 Å². The maximum absolute atomic E-state index is 2.71. The fraction of sp³-hybridized carbons (Fsp3) is 0.182. The highest BCUT2D eigenvalue weighted by Crippen LogP contribution is 2.47. The van der Waals surface area contributed by atoms with Crippen LogP contribution in [0.25, 0.3) is 22.3 Å². The van der Waals surface area contributed by atoms with Crippen LogP contribution in [0.5, 0.6) is 0 Å². The van der Waals surface area contributed by atoms with Gasteiger partial charge in [-0.2, -0.15) is 0 Å². The third-order valence-electron chi connectivity index (χ3n) is 10.6. The van der Waals surface area contributed by atoms with E-state index in [1.54, 1.807) is 0 Å². The van der Waals surface area contributed by atoms with Crippen molar-refractivity contribution in [3.8, 4) is 22.3 Å². The fourth-order valence-corrected chi connectivity index (χ4v) is 8.29. The number of hydrogen-bond donors (Lipinski definition) is 0. The molecule has 0 spiro atoms. The van der Waals surface area contributed by atoms with Crippen LogP contribution in [0, 0.1) is 0 Å². The highest BCUT2D eigenvalue weighted by atomic mass is 15.2. The Morgan fingerprint density at radius 3 is 1.96 bits per heavy atom. The number of para-hydroxylation sites is 1. The van der Waals surface area contributed by atoms with Crippen LogP contribution in [0.15, 0.2) is 133 Å². The van der Waals surface area contributed by atoms with E-state index in [2.05, 4.69) is 164 Å². The Kier molecular flexibility index (Phi) is 6.47. The summed E-state index contributed by atoms with van der Waals surface area (Å²) >= 11 is 0. The summed E-state index contributed by atoms with van der Waals surface area (Å²) in [4.78, 5) is 5.26. The summed E-state index contributed by atoms with van der Waals surface area (Å²) in [6.45, 7) is 8.26. The smallest absolute Gasteiger partial charge is 0.252 e. The van der Waals surface area contributed by atoms with Gasteiger partial charge >= 0.3 is 0 Å². The molecule has 0 N–H and O–H groups in total. The molecule has 3 aliphatic rings. The Morgan fingerprint density at radius 2 is 1.23 bits per heavy atom. The lowest BCUT2D eigenvalue weighted by atomic mass is 9.33. The average Bonchev–Trinajstić information content (AvgIpc) is 3.34. The first kappa shape index (κ1) is 28.2. The molecular formula is C44H39BN2. The molecule has 3 heterocycles. The zero-order chi connectivity index (χ0) is 31.7. The van der Waals surface area contributed by atoms with Crippen LogP contribution in [-0.2, 0) is 11.8 Å². The molecule has 2 nitrogen and oxygen atoms in total. The number of anilines is 5. The van der Waals surface area contributed by atoms with E-state index in [0.717, 1.165) is 13.0 Å². The Hall–Kier alpha value is -5.02. The number of nitrogens with zero attached hydrogens (tertiary/aromatic N) is 2. The summed E-state index contributed by atoms with van der Waals surface area (Å²) in [6, 6.07) is 50.0. The zero-order valence-electron chi connectivity index (χ0n) is 27.5. The van der Waals surface area contributed by atoms with Crippen LogP contribution in [-0.4, -0.2) is 13.3 Å². The van der Waals surface area contributed by atoms with E-state index in [1.807, 2.05) is 0 Å². The standard InChI is InChI=1S/C44H39BN2/c1-44(2,3)33-28-40-42-41(29-33)47(34-19-11-6-12-20-34)39-27-32(30-15-7-4-8-16-30)22-24-37(39)45(42)38-25-23-35(31-17-9-5-10-18-31)36-21-13-14-26-46(40)43(36)38/h4-12,15-20,22-25,27-29H,13-14,21,26H2,1-3H3. The van der Waals surface area contributed by atoms with E-state index in [0.29, 0.717) is 0 Å². The summed E-state index contributed by atoms with van der Waals surface area (Å²) in [6.07, 6.45) is 3.49. The van der Waals surface area contributed by atoms with Gasteiger partial charge in [-0.3, -0.25) is 0 Å². The molecular weight excluding hydrogens is 567 g/mol. The fourth-order valence-electron chi connectivity index (χ4n) is 8.29. The van der Waals surface area contributed by atoms with Crippen LogP contribution >= 0.6 is 0 Å². The second-order valence-electron chi connectivity index (χ2n) is 14.4. The predicted molar refractivity (Wildman–Crippen MR) is 202 cm³/mol. The van der Waals surface area contributed by atoms with Crippen LogP contribution < -0.4 is 26.2 Å². The number of rotatable bonds is 3. The Balaban J connectivity index is 1.38. The van der Waals surface area contributed by atoms with Crippen molar-refractivity contribution >= 4 is 51.5 Å². The van der Waals surface area contributed by atoms with E-state index in [4.69, 9.17) is 0 Å². The van der Waals surface area contributed by atoms with Gasteiger partial charge in [-0.15, -0.1) is 0 Å². The second-order valence-corrected chi connectivity index (χ2v) is 14.4. The Labute approximate surface area is 279 Å². The van der Waals surface area contributed by atoms with Crippen LogP contribution in [0.1, 0.15) is 44.7 Å². The van der Waals surface area contributed by atoms with E-state index < -0.39 is 0 Å². The van der Waals surface area contributed by atoms with Gasteiger partial charge < -0.3 is 9.80 Å². The van der Waals surface area contributed by atoms with Crippen molar-refractivity contribution in [2.75, 3.05) is 16.3 Å². The molecule has 0 radical (unpaired) electrons. The molecule has 0 unspecified atom stereocenters. The van der Waals surface area contributed by atoms with Crippen molar-refractivity contribution in [2.45, 2.75) is 45.4 Å². The molecule has 0 saturated heterocycles. The first-order valence-corrected chi connectivity index (χ1v) is 17.2.